The quantitative estimate of drug-likeness (QED) is 0.484. The smallest absolute Gasteiger partial charge is 0.0849 e. The van der Waals surface area contributed by atoms with E-state index in [0.717, 1.165) is 30.4 Å². The van der Waals surface area contributed by atoms with Gasteiger partial charge in [0, 0.05) is 5.57 Å². The van der Waals surface area contributed by atoms with Crippen LogP contribution >= 0.6 is 0 Å². The van der Waals surface area contributed by atoms with E-state index in [1.54, 1.807) is 0 Å². The monoisotopic (exact) mass is 314 g/mol. The van der Waals surface area contributed by atoms with Crippen LogP contribution in [0.2, 0.25) is 0 Å². The highest BCUT2D eigenvalue weighted by Gasteiger charge is 2.14. The number of allylic oxidation sites excluding steroid dienone is 2. The molecule has 1 aromatic rings. The molecule has 0 saturated carbocycles. The number of hydrogen-bond donors (Lipinski definition) is 1. The van der Waals surface area contributed by atoms with Crippen molar-refractivity contribution in [2.24, 2.45) is 5.92 Å². The Morgan fingerprint density at radius 2 is 2.00 bits per heavy atom. The van der Waals surface area contributed by atoms with Crippen LogP contribution in [0.25, 0.3) is 0 Å². The van der Waals surface area contributed by atoms with Crippen LogP contribution in [0.1, 0.15) is 45.6 Å². The van der Waals surface area contributed by atoms with Crippen molar-refractivity contribution in [1.82, 2.24) is 0 Å². The van der Waals surface area contributed by atoms with Crippen LogP contribution in [-0.4, -0.2) is 17.8 Å². The number of ether oxygens (including phenoxy) is 1. The van der Waals surface area contributed by atoms with Gasteiger partial charge in [0.25, 0.3) is 0 Å². The average molecular weight is 314 g/mol. The molecule has 0 bridgehead atoms. The Hall–Kier alpha value is -1.60. The Kier molecular flexibility index (Phi) is 9.31. The molecule has 0 amide bonds. The fraction of sp³-hybridized carbons (Fsp3) is 0.476. The first-order chi connectivity index (χ1) is 11.0. The number of rotatable bonds is 10. The summed E-state index contributed by atoms with van der Waals surface area (Å²) < 4.78 is 5.68. The van der Waals surface area contributed by atoms with Gasteiger partial charge < -0.3 is 9.84 Å². The largest absolute Gasteiger partial charge is 0.388 e. The summed E-state index contributed by atoms with van der Waals surface area (Å²) in [7, 11) is 0. The third kappa shape index (κ3) is 8.56. The van der Waals surface area contributed by atoms with Gasteiger partial charge in [-0.1, -0.05) is 55.5 Å². The third-order valence-electron chi connectivity index (χ3n) is 3.84. The Morgan fingerprint density at radius 3 is 2.61 bits per heavy atom. The fourth-order valence-corrected chi connectivity index (χ4v) is 2.42. The molecule has 1 rings (SSSR count). The lowest BCUT2D eigenvalue weighted by molar-refractivity contribution is 0.108. The number of hydrogen-bond acceptors (Lipinski definition) is 2. The minimum absolute atomic E-state index is 0.375. The summed E-state index contributed by atoms with van der Waals surface area (Å²) in [5, 5.41) is 10.4. The van der Waals surface area contributed by atoms with E-state index in [2.05, 4.69) is 39.2 Å². The van der Waals surface area contributed by atoms with Crippen molar-refractivity contribution in [3.05, 3.63) is 65.4 Å². The normalized spacial score (nSPS) is 13.0. The van der Waals surface area contributed by atoms with Crippen molar-refractivity contribution in [2.45, 2.75) is 52.7 Å². The van der Waals surface area contributed by atoms with Gasteiger partial charge in [-0.05, 0) is 44.6 Å². The zero-order valence-electron chi connectivity index (χ0n) is 14.7. The molecule has 1 N–H and O–H groups in total. The zero-order chi connectivity index (χ0) is 17.1. The van der Waals surface area contributed by atoms with Gasteiger partial charge in [-0.3, -0.25) is 0 Å². The molecule has 0 aliphatic rings. The zero-order valence-corrected chi connectivity index (χ0v) is 14.7. The maximum Gasteiger partial charge on any atom is 0.0849 e. The lowest BCUT2D eigenvalue weighted by Gasteiger charge is -2.18. The molecular formula is C21H30O2. The van der Waals surface area contributed by atoms with E-state index in [9.17, 15) is 5.11 Å². The van der Waals surface area contributed by atoms with Crippen LogP contribution in [0.4, 0.5) is 0 Å². The first kappa shape index (κ1) is 19.4. The van der Waals surface area contributed by atoms with Crippen LogP contribution in [0.3, 0.4) is 0 Å². The Bertz CT molecular complexity index is 520. The van der Waals surface area contributed by atoms with Crippen molar-refractivity contribution in [3.8, 4) is 0 Å². The van der Waals surface area contributed by atoms with Gasteiger partial charge in [0.15, 0.2) is 0 Å². The summed E-state index contributed by atoms with van der Waals surface area (Å²) in [6, 6.07) is 10.0. The average Bonchev–Trinajstić information content (AvgIpc) is 2.52. The van der Waals surface area contributed by atoms with Crippen molar-refractivity contribution in [1.29, 1.82) is 0 Å². The fourth-order valence-electron chi connectivity index (χ4n) is 2.42. The van der Waals surface area contributed by atoms with Gasteiger partial charge in [-0.25, -0.2) is 0 Å². The molecular weight excluding hydrogens is 284 g/mol. The molecule has 1 unspecified atom stereocenters. The second kappa shape index (κ2) is 11.0. The van der Waals surface area contributed by atoms with E-state index in [-0.39, 0.29) is 0 Å². The molecule has 2 heteroatoms. The van der Waals surface area contributed by atoms with E-state index < -0.39 is 6.10 Å². The summed E-state index contributed by atoms with van der Waals surface area (Å²) >= 11 is 0. The maximum atomic E-state index is 10.4. The van der Waals surface area contributed by atoms with Crippen molar-refractivity contribution < 1.29 is 9.84 Å². The molecule has 0 saturated heterocycles. The highest BCUT2D eigenvalue weighted by molar-refractivity contribution is 5.14. The molecule has 126 valence electrons. The van der Waals surface area contributed by atoms with E-state index in [1.165, 1.54) is 5.57 Å². The topological polar surface area (TPSA) is 29.5 Å². The molecule has 0 heterocycles. The molecule has 2 atom stereocenters. The molecule has 0 aromatic heterocycles. The SMILES string of the molecule is C=C=C(COCc1ccccc1)[C@H](O)CC(C)CCC=C(C)C. The van der Waals surface area contributed by atoms with Gasteiger partial charge in [0.2, 0.25) is 0 Å². The Balaban J connectivity index is 2.35. The molecule has 0 radical (unpaired) electrons. The predicted molar refractivity (Wildman–Crippen MR) is 97.2 cm³/mol. The van der Waals surface area contributed by atoms with Crippen LogP contribution in [0.5, 0.6) is 0 Å². The molecule has 0 aliphatic heterocycles. The maximum absolute atomic E-state index is 10.4. The molecule has 0 aliphatic carbocycles. The second-order valence-corrected chi connectivity index (χ2v) is 6.40. The molecule has 0 spiro atoms. The van der Waals surface area contributed by atoms with E-state index in [4.69, 9.17) is 4.74 Å². The summed E-state index contributed by atoms with van der Waals surface area (Å²) in [5.74, 6) is 0.457. The van der Waals surface area contributed by atoms with Crippen molar-refractivity contribution in [3.63, 3.8) is 0 Å². The molecule has 1 aromatic carbocycles. The van der Waals surface area contributed by atoms with E-state index in [1.807, 2.05) is 30.3 Å². The summed E-state index contributed by atoms with van der Waals surface area (Å²) in [5.41, 5.74) is 6.06. The minimum Gasteiger partial charge on any atom is -0.388 e. The van der Waals surface area contributed by atoms with Crippen molar-refractivity contribution >= 4 is 0 Å². The Labute approximate surface area is 141 Å². The van der Waals surface area contributed by atoms with Crippen LogP contribution in [0, 0.1) is 5.92 Å². The standard InChI is InChI=1S/C21H30O2/c1-5-20(16-23-15-19-12-7-6-8-13-19)21(22)14-18(4)11-9-10-17(2)3/h6-8,10,12-13,18,21-22H,1,9,11,14-16H2,2-4H3/t18?,21-/m1/s1. The van der Waals surface area contributed by atoms with Crippen LogP contribution < -0.4 is 0 Å². The highest BCUT2D eigenvalue weighted by Crippen LogP contribution is 2.18. The molecule has 0 fully saturated rings. The van der Waals surface area contributed by atoms with E-state index in [0.29, 0.717) is 19.1 Å². The highest BCUT2D eigenvalue weighted by atomic mass is 16.5. The third-order valence-corrected chi connectivity index (χ3v) is 3.84. The lowest BCUT2D eigenvalue weighted by atomic mass is 9.94. The number of aliphatic hydroxyl groups is 1. The van der Waals surface area contributed by atoms with Gasteiger partial charge >= 0.3 is 0 Å². The van der Waals surface area contributed by atoms with E-state index >= 15 is 0 Å². The second-order valence-electron chi connectivity index (χ2n) is 6.40. The Morgan fingerprint density at radius 1 is 1.30 bits per heavy atom. The lowest BCUT2D eigenvalue weighted by Crippen LogP contribution is -2.17. The molecule has 23 heavy (non-hydrogen) atoms. The summed E-state index contributed by atoms with van der Waals surface area (Å²) in [4.78, 5) is 0. The summed E-state index contributed by atoms with van der Waals surface area (Å²) in [6.07, 6.45) is 4.59. The van der Waals surface area contributed by atoms with Gasteiger partial charge in [-0.15, -0.1) is 5.73 Å². The first-order valence-corrected chi connectivity index (χ1v) is 8.34. The van der Waals surface area contributed by atoms with Gasteiger partial charge in [-0.2, -0.15) is 0 Å². The van der Waals surface area contributed by atoms with Crippen LogP contribution in [-0.2, 0) is 11.3 Å². The first-order valence-electron chi connectivity index (χ1n) is 8.34. The van der Waals surface area contributed by atoms with Gasteiger partial charge in [0.05, 0.1) is 19.3 Å². The van der Waals surface area contributed by atoms with Crippen LogP contribution in [0.15, 0.2) is 59.9 Å². The number of aliphatic hydroxyl groups excluding tert-OH is 1. The number of benzene rings is 1. The predicted octanol–water partition coefficient (Wildman–Crippen LogP) is 5.05. The summed E-state index contributed by atoms with van der Waals surface area (Å²) in [6.45, 7) is 11.0. The minimum atomic E-state index is -0.523. The van der Waals surface area contributed by atoms with Crippen molar-refractivity contribution in [2.75, 3.05) is 6.61 Å². The van der Waals surface area contributed by atoms with Gasteiger partial charge in [0.1, 0.15) is 0 Å². The molecule has 2 nitrogen and oxygen atoms in total.